The summed E-state index contributed by atoms with van der Waals surface area (Å²) in [6.45, 7) is -1.20. The number of Topliss-reactive ketones (excluding diaryl/α,β-unsaturated/α-hetero) is 1. The highest BCUT2D eigenvalue weighted by Crippen LogP contribution is 2.01. The minimum Gasteiger partial charge on any atom is -0.465 e. The van der Waals surface area contributed by atoms with Crippen LogP contribution in [-0.2, 0) is 14.3 Å². The van der Waals surface area contributed by atoms with Gasteiger partial charge >= 0.3 is 5.97 Å². The van der Waals surface area contributed by atoms with Gasteiger partial charge in [0.2, 0.25) is 5.78 Å². The highest BCUT2D eigenvalue weighted by atomic mass is 19.1. The molecule has 74 valence electrons. The molecule has 0 aliphatic rings. The highest BCUT2D eigenvalue weighted by molar-refractivity contribution is 6.17. The Balaban J connectivity index is 4.75. The van der Waals surface area contributed by atoms with Crippen molar-refractivity contribution < 1.29 is 18.7 Å². The number of halogens is 1. The molecule has 0 heterocycles. The Hall–Kier alpha value is -1.39. The van der Waals surface area contributed by atoms with Crippen LogP contribution in [0.4, 0.5) is 4.39 Å². The van der Waals surface area contributed by atoms with E-state index < -0.39 is 18.4 Å². The molecule has 4 nitrogen and oxygen atoms in total. The zero-order valence-electron chi connectivity index (χ0n) is 7.83. The molecule has 0 aromatic carbocycles. The van der Waals surface area contributed by atoms with Crippen molar-refractivity contribution in [3.63, 3.8) is 0 Å². The topological polar surface area (TPSA) is 46.6 Å². The first-order valence-corrected chi connectivity index (χ1v) is 3.58. The Labute approximate surface area is 76.0 Å². The summed E-state index contributed by atoms with van der Waals surface area (Å²) in [5.74, 6) is -1.70. The number of esters is 1. The summed E-state index contributed by atoms with van der Waals surface area (Å²) in [5.41, 5.74) is -0.282. The number of nitrogens with zero attached hydrogens (tertiary/aromatic N) is 1. The molecular weight excluding hydrogens is 177 g/mol. The molecule has 13 heavy (non-hydrogen) atoms. The SMILES string of the molecule is COC(=O)/C(=C\N(C)C)C(=O)CF. The second-order valence-corrected chi connectivity index (χ2v) is 2.55. The Bertz CT molecular complexity index is 218. The van der Waals surface area contributed by atoms with E-state index >= 15 is 0 Å². The Kier molecular flexibility index (Phi) is 4.72. The Morgan fingerprint density at radius 2 is 2.00 bits per heavy atom. The van der Waals surface area contributed by atoms with Crippen molar-refractivity contribution in [3.05, 3.63) is 11.8 Å². The molecule has 0 aromatic heterocycles. The molecule has 0 spiro atoms. The van der Waals surface area contributed by atoms with Crippen LogP contribution in [0.3, 0.4) is 0 Å². The van der Waals surface area contributed by atoms with Crippen LogP contribution in [0.5, 0.6) is 0 Å². The van der Waals surface area contributed by atoms with Crippen LogP contribution in [-0.4, -0.2) is 44.5 Å². The van der Waals surface area contributed by atoms with Gasteiger partial charge in [0.25, 0.3) is 0 Å². The third-order valence-electron chi connectivity index (χ3n) is 1.21. The van der Waals surface area contributed by atoms with Gasteiger partial charge in [-0.05, 0) is 0 Å². The van der Waals surface area contributed by atoms with E-state index in [9.17, 15) is 14.0 Å². The van der Waals surface area contributed by atoms with E-state index in [2.05, 4.69) is 4.74 Å². The van der Waals surface area contributed by atoms with Gasteiger partial charge in [0, 0.05) is 20.3 Å². The fourth-order valence-corrected chi connectivity index (χ4v) is 0.679. The molecule has 0 radical (unpaired) electrons. The molecule has 0 aliphatic carbocycles. The average Bonchev–Trinajstić information content (AvgIpc) is 2.11. The zero-order valence-corrected chi connectivity index (χ0v) is 7.83. The van der Waals surface area contributed by atoms with Crippen molar-refractivity contribution in [1.82, 2.24) is 4.90 Å². The predicted molar refractivity (Wildman–Crippen MR) is 44.8 cm³/mol. The predicted octanol–water partition coefficient (Wildman–Crippen LogP) is 0.143. The number of rotatable bonds is 4. The summed E-state index contributed by atoms with van der Waals surface area (Å²) in [6, 6.07) is 0. The first-order valence-electron chi connectivity index (χ1n) is 3.58. The third-order valence-corrected chi connectivity index (χ3v) is 1.21. The third kappa shape index (κ3) is 3.68. The number of ether oxygens (including phenoxy) is 1. The molecule has 0 saturated heterocycles. The van der Waals surface area contributed by atoms with Crippen molar-refractivity contribution in [2.75, 3.05) is 27.9 Å². The summed E-state index contributed by atoms with van der Waals surface area (Å²) < 4.78 is 16.3. The molecule has 5 heteroatoms. The lowest BCUT2D eigenvalue weighted by atomic mass is 10.2. The van der Waals surface area contributed by atoms with Crippen molar-refractivity contribution in [1.29, 1.82) is 0 Å². The maximum atomic E-state index is 12.0. The molecule has 0 fully saturated rings. The Morgan fingerprint density at radius 1 is 1.46 bits per heavy atom. The van der Waals surface area contributed by atoms with Crippen LogP contribution in [0.1, 0.15) is 0 Å². The van der Waals surface area contributed by atoms with E-state index in [4.69, 9.17) is 0 Å². The quantitative estimate of drug-likeness (QED) is 0.273. The normalized spacial score (nSPS) is 10.9. The fraction of sp³-hybridized carbons (Fsp3) is 0.500. The summed E-state index contributed by atoms with van der Waals surface area (Å²) in [6.07, 6.45) is 1.23. The van der Waals surface area contributed by atoms with E-state index in [1.54, 1.807) is 14.1 Å². The van der Waals surface area contributed by atoms with Gasteiger partial charge in [-0.25, -0.2) is 9.18 Å². The van der Waals surface area contributed by atoms with Crippen molar-refractivity contribution in [2.45, 2.75) is 0 Å². The molecule has 0 amide bonds. The molecule has 0 aromatic rings. The smallest absolute Gasteiger partial charge is 0.343 e. The minimum atomic E-state index is -1.20. The molecule has 0 rings (SSSR count). The van der Waals surface area contributed by atoms with E-state index in [1.807, 2.05) is 0 Å². The van der Waals surface area contributed by atoms with E-state index in [0.717, 1.165) is 7.11 Å². The number of carbonyl (C=O) groups excluding carboxylic acids is 2. The van der Waals surface area contributed by atoms with E-state index in [1.165, 1.54) is 11.1 Å². The van der Waals surface area contributed by atoms with Crippen molar-refractivity contribution in [3.8, 4) is 0 Å². The average molecular weight is 189 g/mol. The maximum Gasteiger partial charge on any atom is 0.343 e. The Morgan fingerprint density at radius 3 is 2.31 bits per heavy atom. The fourth-order valence-electron chi connectivity index (χ4n) is 0.679. The van der Waals surface area contributed by atoms with Crippen molar-refractivity contribution in [2.24, 2.45) is 0 Å². The lowest BCUT2D eigenvalue weighted by molar-refractivity contribution is -0.138. The van der Waals surface area contributed by atoms with Crippen molar-refractivity contribution >= 4 is 11.8 Å². The molecule has 0 atom stereocenters. The first-order chi connectivity index (χ1) is 6.02. The van der Waals surface area contributed by atoms with Crippen LogP contribution < -0.4 is 0 Å². The molecule has 0 N–H and O–H groups in total. The second-order valence-electron chi connectivity index (χ2n) is 2.55. The van der Waals surface area contributed by atoms with E-state index in [0.29, 0.717) is 0 Å². The monoisotopic (exact) mass is 189 g/mol. The summed E-state index contributed by atoms with van der Waals surface area (Å²) in [4.78, 5) is 23.3. The number of methoxy groups -OCH3 is 1. The van der Waals surface area contributed by atoms with Crippen LogP contribution in [0.15, 0.2) is 11.8 Å². The summed E-state index contributed by atoms with van der Waals surface area (Å²) >= 11 is 0. The maximum absolute atomic E-state index is 12.0. The van der Waals surface area contributed by atoms with E-state index in [-0.39, 0.29) is 5.57 Å². The number of ketones is 1. The van der Waals surface area contributed by atoms with Gasteiger partial charge in [-0.3, -0.25) is 4.79 Å². The first kappa shape index (κ1) is 11.6. The summed E-state index contributed by atoms with van der Waals surface area (Å²) in [5, 5.41) is 0. The van der Waals surface area contributed by atoms with Crippen LogP contribution in [0.2, 0.25) is 0 Å². The number of hydrogen-bond acceptors (Lipinski definition) is 4. The second kappa shape index (κ2) is 5.29. The molecule has 0 bridgehead atoms. The number of hydrogen-bond donors (Lipinski definition) is 0. The van der Waals surface area contributed by atoms with Gasteiger partial charge in [0.05, 0.1) is 7.11 Å². The lowest BCUT2D eigenvalue weighted by Gasteiger charge is -2.07. The standard InChI is InChI=1S/C8H12FNO3/c1-10(2)5-6(7(11)4-9)8(12)13-3/h5H,4H2,1-3H3/b6-5-. The lowest BCUT2D eigenvalue weighted by Crippen LogP contribution is -2.19. The van der Waals surface area contributed by atoms with Gasteiger partial charge < -0.3 is 9.64 Å². The largest absolute Gasteiger partial charge is 0.465 e. The summed E-state index contributed by atoms with van der Waals surface area (Å²) in [7, 11) is 4.38. The van der Waals surface area contributed by atoms with Gasteiger partial charge in [-0.15, -0.1) is 0 Å². The van der Waals surface area contributed by atoms with Crippen LogP contribution in [0, 0.1) is 0 Å². The van der Waals surface area contributed by atoms with Gasteiger partial charge in [-0.1, -0.05) is 0 Å². The zero-order chi connectivity index (χ0) is 10.4. The highest BCUT2D eigenvalue weighted by Gasteiger charge is 2.18. The van der Waals surface area contributed by atoms with Crippen LogP contribution in [0.25, 0.3) is 0 Å². The molecule has 0 saturated carbocycles. The number of alkyl halides is 1. The minimum absolute atomic E-state index is 0.282. The van der Waals surface area contributed by atoms with Gasteiger partial charge in [0.1, 0.15) is 5.57 Å². The van der Waals surface area contributed by atoms with Crippen LogP contribution >= 0.6 is 0 Å². The number of carbonyl (C=O) groups is 2. The molecular formula is C8H12FNO3. The van der Waals surface area contributed by atoms with Gasteiger partial charge in [-0.2, -0.15) is 0 Å². The van der Waals surface area contributed by atoms with Gasteiger partial charge in [0.15, 0.2) is 6.67 Å². The molecule has 0 unspecified atom stereocenters. The molecule has 0 aliphatic heterocycles.